The third kappa shape index (κ3) is 4.18. The molecule has 28 heavy (non-hydrogen) atoms. The molecule has 1 aromatic carbocycles. The molecule has 152 valence electrons. The van der Waals surface area contributed by atoms with E-state index in [1.807, 2.05) is 20.8 Å². The second kappa shape index (κ2) is 8.71. The lowest BCUT2D eigenvalue weighted by atomic mass is 10.1. The molecule has 0 atom stereocenters. The number of anilines is 1. The van der Waals surface area contributed by atoms with Crippen LogP contribution in [-0.2, 0) is 6.54 Å². The maximum Gasteiger partial charge on any atom is 0.320 e. The zero-order valence-electron chi connectivity index (χ0n) is 16.6. The molecule has 0 unspecified atom stereocenters. The molecule has 7 nitrogen and oxygen atoms in total. The van der Waals surface area contributed by atoms with Crippen molar-refractivity contribution in [2.24, 2.45) is 0 Å². The van der Waals surface area contributed by atoms with E-state index in [1.54, 1.807) is 0 Å². The minimum absolute atomic E-state index is 0.0375. The van der Waals surface area contributed by atoms with Crippen LogP contribution in [0.1, 0.15) is 31.2 Å². The minimum atomic E-state index is -0.0375. The Bertz CT molecular complexity index is 690. The Morgan fingerprint density at radius 2 is 1.32 bits per heavy atom. The van der Waals surface area contributed by atoms with E-state index in [2.05, 4.69) is 28.4 Å². The SMILES string of the molecule is O=C(NCc1ccccc1N1CCCC1)N1CCN(C(=O)N2CCCC2)CC1. The fraction of sp³-hybridized carbons (Fsp3) is 0.619. The van der Waals surface area contributed by atoms with Crippen LogP contribution < -0.4 is 10.2 Å². The number of rotatable bonds is 3. The van der Waals surface area contributed by atoms with Crippen molar-refractivity contribution in [3.63, 3.8) is 0 Å². The van der Waals surface area contributed by atoms with Crippen LogP contribution in [0.25, 0.3) is 0 Å². The summed E-state index contributed by atoms with van der Waals surface area (Å²) in [4.78, 5) is 33.2. The summed E-state index contributed by atoms with van der Waals surface area (Å²) in [5, 5.41) is 3.08. The fourth-order valence-corrected chi connectivity index (χ4v) is 4.42. The van der Waals surface area contributed by atoms with Gasteiger partial charge in [-0.2, -0.15) is 0 Å². The molecule has 3 fully saturated rings. The number of amides is 4. The smallest absolute Gasteiger partial charge is 0.320 e. The van der Waals surface area contributed by atoms with Gasteiger partial charge in [0.05, 0.1) is 0 Å². The van der Waals surface area contributed by atoms with Crippen LogP contribution in [0.3, 0.4) is 0 Å². The normalized spacial score (nSPS) is 20.0. The predicted molar refractivity (Wildman–Crippen MR) is 109 cm³/mol. The Morgan fingerprint density at radius 3 is 2.04 bits per heavy atom. The number of benzene rings is 1. The van der Waals surface area contributed by atoms with Gasteiger partial charge in [0.25, 0.3) is 0 Å². The van der Waals surface area contributed by atoms with Crippen LogP contribution >= 0.6 is 0 Å². The summed E-state index contributed by atoms with van der Waals surface area (Å²) in [5.74, 6) is 0. The Kier molecular flexibility index (Phi) is 5.88. The molecule has 0 aromatic heterocycles. The first-order valence-corrected chi connectivity index (χ1v) is 10.6. The Balaban J connectivity index is 1.27. The van der Waals surface area contributed by atoms with Gasteiger partial charge in [-0.1, -0.05) is 18.2 Å². The van der Waals surface area contributed by atoms with E-state index >= 15 is 0 Å². The van der Waals surface area contributed by atoms with E-state index in [0.29, 0.717) is 32.7 Å². The third-order valence-electron chi connectivity index (χ3n) is 6.08. The molecule has 0 bridgehead atoms. The van der Waals surface area contributed by atoms with E-state index < -0.39 is 0 Å². The monoisotopic (exact) mass is 385 g/mol. The van der Waals surface area contributed by atoms with E-state index in [0.717, 1.165) is 39.0 Å². The molecule has 0 aliphatic carbocycles. The lowest BCUT2D eigenvalue weighted by Crippen LogP contribution is -2.55. The number of likely N-dealkylation sites (tertiary alicyclic amines) is 1. The van der Waals surface area contributed by atoms with E-state index in [4.69, 9.17) is 0 Å². The lowest BCUT2D eigenvalue weighted by molar-refractivity contribution is 0.124. The highest BCUT2D eigenvalue weighted by Gasteiger charge is 2.28. The van der Waals surface area contributed by atoms with Gasteiger partial charge < -0.3 is 24.9 Å². The van der Waals surface area contributed by atoms with Crippen molar-refractivity contribution in [1.29, 1.82) is 0 Å². The first-order chi connectivity index (χ1) is 13.7. The number of urea groups is 2. The molecule has 0 spiro atoms. The maximum atomic E-state index is 12.6. The summed E-state index contributed by atoms with van der Waals surface area (Å²) >= 11 is 0. The van der Waals surface area contributed by atoms with E-state index in [-0.39, 0.29) is 12.1 Å². The number of hydrogen-bond acceptors (Lipinski definition) is 3. The molecule has 1 aromatic rings. The molecule has 0 saturated carbocycles. The van der Waals surface area contributed by atoms with Crippen molar-refractivity contribution in [2.45, 2.75) is 32.2 Å². The number of nitrogens with one attached hydrogen (secondary N) is 1. The van der Waals surface area contributed by atoms with Crippen molar-refractivity contribution in [1.82, 2.24) is 20.0 Å². The van der Waals surface area contributed by atoms with E-state index in [9.17, 15) is 9.59 Å². The quantitative estimate of drug-likeness (QED) is 0.869. The number of nitrogens with zero attached hydrogens (tertiary/aromatic N) is 4. The highest BCUT2D eigenvalue weighted by atomic mass is 16.2. The molecule has 7 heteroatoms. The molecule has 1 N–H and O–H groups in total. The van der Waals surface area contributed by atoms with Crippen molar-refractivity contribution in [3.05, 3.63) is 29.8 Å². The number of para-hydroxylation sites is 1. The zero-order valence-corrected chi connectivity index (χ0v) is 16.6. The summed E-state index contributed by atoms with van der Waals surface area (Å²) in [7, 11) is 0. The predicted octanol–water partition coefficient (Wildman–Crippen LogP) is 2.33. The highest BCUT2D eigenvalue weighted by molar-refractivity contribution is 5.77. The fourth-order valence-electron chi connectivity index (χ4n) is 4.42. The summed E-state index contributed by atoms with van der Waals surface area (Å²) in [5.41, 5.74) is 2.40. The molecular weight excluding hydrogens is 354 g/mol. The highest BCUT2D eigenvalue weighted by Crippen LogP contribution is 2.24. The average Bonchev–Trinajstić information content (AvgIpc) is 3.46. The Labute approximate surface area is 167 Å². The number of hydrogen-bond donors (Lipinski definition) is 1. The van der Waals surface area contributed by atoms with E-state index in [1.165, 1.54) is 24.1 Å². The molecule has 3 saturated heterocycles. The van der Waals surface area contributed by atoms with Crippen molar-refractivity contribution >= 4 is 17.7 Å². The van der Waals surface area contributed by atoms with Crippen LogP contribution in [0.2, 0.25) is 0 Å². The molecule has 4 amide bonds. The standard InChI is InChI=1S/C21H31N5O2/c27-20(22-17-18-7-1-2-8-19(18)23-9-3-4-10-23)24-13-15-26(16-14-24)21(28)25-11-5-6-12-25/h1-2,7-8H,3-6,9-17H2,(H,22,27). The third-order valence-corrected chi connectivity index (χ3v) is 6.08. The summed E-state index contributed by atoms with van der Waals surface area (Å²) in [6.07, 6.45) is 4.68. The van der Waals surface area contributed by atoms with Gasteiger partial charge in [0.1, 0.15) is 0 Å². The van der Waals surface area contributed by atoms with Crippen molar-refractivity contribution in [3.8, 4) is 0 Å². The molecule has 3 aliphatic rings. The van der Waals surface area contributed by atoms with Crippen LogP contribution in [0.5, 0.6) is 0 Å². The summed E-state index contributed by atoms with van der Waals surface area (Å²) in [6.45, 7) is 6.90. The number of carbonyl (C=O) groups excluding carboxylic acids is 2. The van der Waals surface area contributed by atoms with Crippen LogP contribution in [0.15, 0.2) is 24.3 Å². The Hall–Kier alpha value is -2.44. The second-order valence-electron chi connectivity index (χ2n) is 7.93. The zero-order chi connectivity index (χ0) is 19.3. The minimum Gasteiger partial charge on any atom is -0.371 e. The van der Waals surface area contributed by atoms with Gasteiger partial charge in [0.15, 0.2) is 0 Å². The first-order valence-electron chi connectivity index (χ1n) is 10.6. The van der Waals surface area contributed by atoms with Gasteiger partial charge in [-0.15, -0.1) is 0 Å². The molecule has 4 rings (SSSR count). The number of piperazine rings is 1. The maximum absolute atomic E-state index is 12.6. The second-order valence-corrected chi connectivity index (χ2v) is 7.93. The van der Waals surface area contributed by atoms with Crippen molar-refractivity contribution in [2.75, 3.05) is 57.3 Å². The summed E-state index contributed by atoms with van der Waals surface area (Å²) < 4.78 is 0. The van der Waals surface area contributed by atoms with Gasteiger partial charge in [-0.25, -0.2) is 9.59 Å². The average molecular weight is 386 g/mol. The number of carbonyl (C=O) groups is 2. The van der Waals surface area contributed by atoms with Crippen LogP contribution in [0.4, 0.5) is 15.3 Å². The topological polar surface area (TPSA) is 59.1 Å². The first kappa shape index (κ1) is 18.9. The van der Waals surface area contributed by atoms with Gasteiger partial charge in [-0.3, -0.25) is 0 Å². The van der Waals surface area contributed by atoms with Gasteiger partial charge >= 0.3 is 12.1 Å². The van der Waals surface area contributed by atoms with Gasteiger partial charge in [0.2, 0.25) is 0 Å². The summed E-state index contributed by atoms with van der Waals surface area (Å²) in [6, 6.07) is 8.44. The lowest BCUT2D eigenvalue weighted by Gasteiger charge is -2.36. The molecular formula is C21H31N5O2. The molecule has 0 radical (unpaired) electrons. The van der Waals surface area contributed by atoms with Gasteiger partial charge in [0, 0.05) is 64.6 Å². The molecule has 3 aliphatic heterocycles. The van der Waals surface area contributed by atoms with Crippen LogP contribution in [-0.4, -0.2) is 79.1 Å². The molecule has 3 heterocycles. The van der Waals surface area contributed by atoms with Crippen LogP contribution in [0, 0.1) is 0 Å². The van der Waals surface area contributed by atoms with Gasteiger partial charge in [-0.05, 0) is 37.3 Å². The largest absolute Gasteiger partial charge is 0.371 e. The van der Waals surface area contributed by atoms with Crippen molar-refractivity contribution < 1.29 is 9.59 Å². The Morgan fingerprint density at radius 1 is 0.750 bits per heavy atom.